The lowest BCUT2D eigenvalue weighted by molar-refractivity contribution is 0.0729. The van der Waals surface area contributed by atoms with Crippen LogP contribution in [0.5, 0.6) is 0 Å². The summed E-state index contributed by atoms with van der Waals surface area (Å²) in [5.41, 5.74) is 4.06. The van der Waals surface area contributed by atoms with E-state index >= 15 is 0 Å². The summed E-state index contributed by atoms with van der Waals surface area (Å²) in [5.74, 6) is -0.347. The van der Waals surface area contributed by atoms with Gasteiger partial charge in [-0.3, -0.25) is 4.79 Å². The molecule has 144 valence electrons. The van der Waals surface area contributed by atoms with Crippen LogP contribution < -0.4 is 0 Å². The summed E-state index contributed by atoms with van der Waals surface area (Å²) in [6.07, 6.45) is 2.50. The Morgan fingerprint density at radius 2 is 1.96 bits per heavy atom. The summed E-state index contributed by atoms with van der Waals surface area (Å²) >= 11 is 0. The van der Waals surface area contributed by atoms with E-state index in [1.54, 1.807) is 16.8 Å². The van der Waals surface area contributed by atoms with Gasteiger partial charge < -0.3 is 4.90 Å². The number of carbonyl (C=O) groups is 1. The fourth-order valence-electron chi connectivity index (χ4n) is 3.85. The number of nitrogens with zero attached hydrogens (tertiary/aromatic N) is 4. The zero-order valence-electron chi connectivity index (χ0n) is 16.1. The van der Waals surface area contributed by atoms with Gasteiger partial charge in [-0.05, 0) is 62.9 Å². The minimum atomic E-state index is -0.245. The minimum absolute atomic E-state index is 0.0539. The van der Waals surface area contributed by atoms with Crippen LogP contribution in [0.4, 0.5) is 4.39 Å². The number of carbonyl (C=O) groups excluding carboxylic acids is 1. The van der Waals surface area contributed by atoms with Gasteiger partial charge >= 0.3 is 0 Å². The van der Waals surface area contributed by atoms with Crippen molar-refractivity contribution in [3.8, 4) is 5.69 Å². The molecule has 0 aliphatic carbocycles. The molecule has 2 heterocycles. The SMILES string of the molecule is Cc1ccc(-n2nnc(C(=O)N3CCCC3Cc3cccc(F)c3)c2C)cc1. The zero-order chi connectivity index (χ0) is 19.7. The lowest BCUT2D eigenvalue weighted by Crippen LogP contribution is -2.37. The summed E-state index contributed by atoms with van der Waals surface area (Å²) in [6.45, 7) is 4.58. The number of benzene rings is 2. The molecule has 0 saturated carbocycles. The molecule has 1 saturated heterocycles. The highest BCUT2D eigenvalue weighted by molar-refractivity contribution is 5.93. The Labute approximate surface area is 163 Å². The van der Waals surface area contributed by atoms with Crippen LogP contribution >= 0.6 is 0 Å². The molecule has 1 unspecified atom stereocenters. The first kappa shape index (κ1) is 18.3. The summed E-state index contributed by atoms with van der Waals surface area (Å²) in [7, 11) is 0. The van der Waals surface area contributed by atoms with Crippen molar-refractivity contribution in [2.75, 3.05) is 6.54 Å². The van der Waals surface area contributed by atoms with Crippen molar-refractivity contribution in [2.45, 2.75) is 39.2 Å². The predicted octanol–water partition coefficient (Wildman–Crippen LogP) is 3.87. The van der Waals surface area contributed by atoms with Gasteiger partial charge in [-0.15, -0.1) is 5.10 Å². The maximum absolute atomic E-state index is 13.5. The van der Waals surface area contributed by atoms with Crippen LogP contribution in [0.3, 0.4) is 0 Å². The van der Waals surface area contributed by atoms with Crippen LogP contribution in [0.2, 0.25) is 0 Å². The van der Waals surface area contributed by atoms with Gasteiger partial charge in [0.1, 0.15) is 5.82 Å². The molecule has 6 heteroatoms. The summed E-state index contributed by atoms with van der Waals surface area (Å²) in [5, 5.41) is 8.37. The van der Waals surface area contributed by atoms with E-state index in [1.165, 1.54) is 6.07 Å². The maximum atomic E-state index is 13.5. The Bertz CT molecular complexity index is 996. The Hall–Kier alpha value is -3.02. The molecule has 0 bridgehead atoms. The second-order valence-electron chi connectivity index (χ2n) is 7.40. The number of likely N-dealkylation sites (tertiary alicyclic amines) is 1. The van der Waals surface area contributed by atoms with Crippen molar-refractivity contribution in [3.05, 3.63) is 76.9 Å². The first-order valence-electron chi connectivity index (χ1n) is 9.57. The molecular weight excluding hydrogens is 355 g/mol. The summed E-state index contributed by atoms with van der Waals surface area (Å²) in [4.78, 5) is 15.0. The Morgan fingerprint density at radius 3 is 2.71 bits per heavy atom. The maximum Gasteiger partial charge on any atom is 0.276 e. The van der Waals surface area contributed by atoms with Gasteiger partial charge in [0.2, 0.25) is 0 Å². The molecule has 0 spiro atoms. The van der Waals surface area contributed by atoms with Gasteiger partial charge in [0, 0.05) is 12.6 Å². The average Bonchev–Trinajstić information content (AvgIpc) is 3.29. The Kier molecular flexibility index (Phi) is 4.94. The first-order valence-corrected chi connectivity index (χ1v) is 9.57. The molecule has 0 N–H and O–H groups in total. The van der Waals surface area contributed by atoms with Crippen LogP contribution in [0.15, 0.2) is 48.5 Å². The van der Waals surface area contributed by atoms with E-state index in [0.717, 1.165) is 35.3 Å². The lowest BCUT2D eigenvalue weighted by Gasteiger charge is -2.24. The molecule has 28 heavy (non-hydrogen) atoms. The molecule has 2 aromatic carbocycles. The molecule has 1 aliphatic rings. The molecule has 4 rings (SSSR count). The fourth-order valence-corrected chi connectivity index (χ4v) is 3.85. The second-order valence-corrected chi connectivity index (χ2v) is 7.40. The highest BCUT2D eigenvalue weighted by Gasteiger charge is 2.32. The van der Waals surface area contributed by atoms with Crippen LogP contribution in [0, 0.1) is 19.7 Å². The van der Waals surface area contributed by atoms with Crippen molar-refractivity contribution in [2.24, 2.45) is 0 Å². The first-order chi connectivity index (χ1) is 13.5. The minimum Gasteiger partial charge on any atom is -0.334 e. The smallest absolute Gasteiger partial charge is 0.276 e. The normalized spacial score (nSPS) is 16.5. The van der Waals surface area contributed by atoms with E-state index in [4.69, 9.17) is 0 Å². The molecule has 1 aliphatic heterocycles. The molecule has 0 radical (unpaired) electrons. The number of hydrogen-bond donors (Lipinski definition) is 0. The standard InChI is InChI=1S/C22H23FN4O/c1-15-8-10-19(11-9-15)27-16(2)21(24-25-27)22(28)26-12-4-7-20(26)14-17-5-3-6-18(23)13-17/h3,5-6,8-11,13,20H,4,7,12,14H2,1-2H3. The van der Waals surface area contributed by atoms with Crippen LogP contribution in [0.1, 0.15) is 40.2 Å². The Balaban J connectivity index is 1.56. The van der Waals surface area contributed by atoms with Gasteiger partial charge in [-0.2, -0.15) is 0 Å². The average molecular weight is 378 g/mol. The third-order valence-corrected chi connectivity index (χ3v) is 5.37. The van der Waals surface area contributed by atoms with Gasteiger partial charge in [-0.25, -0.2) is 9.07 Å². The number of halogens is 1. The van der Waals surface area contributed by atoms with Crippen LogP contribution in [-0.4, -0.2) is 38.4 Å². The molecule has 1 atom stereocenters. The number of aryl methyl sites for hydroxylation is 1. The second kappa shape index (κ2) is 7.54. The largest absolute Gasteiger partial charge is 0.334 e. The zero-order valence-corrected chi connectivity index (χ0v) is 16.1. The molecule has 5 nitrogen and oxygen atoms in total. The predicted molar refractivity (Wildman–Crippen MR) is 105 cm³/mol. The van der Waals surface area contributed by atoms with Gasteiger partial charge in [0.25, 0.3) is 5.91 Å². The number of aromatic nitrogens is 3. The third kappa shape index (κ3) is 3.54. The highest BCUT2D eigenvalue weighted by Crippen LogP contribution is 2.24. The highest BCUT2D eigenvalue weighted by atomic mass is 19.1. The van der Waals surface area contributed by atoms with Crippen molar-refractivity contribution in [1.82, 2.24) is 19.9 Å². The van der Waals surface area contributed by atoms with Crippen molar-refractivity contribution in [1.29, 1.82) is 0 Å². The quantitative estimate of drug-likeness (QED) is 0.692. The van der Waals surface area contributed by atoms with E-state index in [1.807, 2.05) is 49.1 Å². The van der Waals surface area contributed by atoms with E-state index < -0.39 is 0 Å². The van der Waals surface area contributed by atoms with E-state index in [9.17, 15) is 9.18 Å². The summed E-state index contributed by atoms with van der Waals surface area (Å²) < 4.78 is 15.2. The number of hydrogen-bond acceptors (Lipinski definition) is 3. The molecule has 1 fully saturated rings. The van der Waals surface area contributed by atoms with Crippen LogP contribution in [-0.2, 0) is 6.42 Å². The molecule has 3 aromatic rings. The Morgan fingerprint density at radius 1 is 1.18 bits per heavy atom. The monoisotopic (exact) mass is 378 g/mol. The van der Waals surface area contributed by atoms with E-state index in [0.29, 0.717) is 18.7 Å². The van der Waals surface area contributed by atoms with Crippen molar-refractivity contribution in [3.63, 3.8) is 0 Å². The van der Waals surface area contributed by atoms with Gasteiger partial charge in [0.05, 0.1) is 11.4 Å². The summed E-state index contributed by atoms with van der Waals surface area (Å²) in [6, 6.07) is 14.6. The molecule has 1 aromatic heterocycles. The van der Waals surface area contributed by atoms with Gasteiger partial charge in [-0.1, -0.05) is 35.0 Å². The van der Waals surface area contributed by atoms with E-state index in [-0.39, 0.29) is 17.8 Å². The van der Waals surface area contributed by atoms with E-state index in [2.05, 4.69) is 10.3 Å². The van der Waals surface area contributed by atoms with Crippen LogP contribution in [0.25, 0.3) is 5.69 Å². The lowest BCUT2D eigenvalue weighted by atomic mass is 10.0. The molecule has 1 amide bonds. The van der Waals surface area contributed by atoms with Crippen molar-refractivity contribution >= 4 is 5.91 Å². The van der Waals surface area contributed by atoms with Crippen molar-refractivity contribution < 1.29 is 9.18 Å². The van der Waals surface area contributed by atoms with Gasteiger partial charge in [0.15, 0.2) is 5.69 Å². The fraction of sp³-hybridized carbons (Fsp3) is 0.318. The molecular formula is C22H23FN4O. The topological polar surface area (TPSA) is 51.0 Å². The number of rotatable bonds is 4. The third-order valence-electron chi connectivity index (χ3n) is 5.37. The number of amides is 1.